The second-order valence-electron chi connectivity index (χ2n) is 3.75. The van der Waals surface area contributed by atoms with Crippen molar-refractivity contribution in [1.29, 1.82) is 0 Å². The number of nitrogens with one attached hydrogen (secondary N) is 1. The minimum atomic E-state index is 0.867. The lowest BCUT2D eigenvalue weighted by molar-refractivity contribution is 0.456. The molecule has 0 unspecified atom stereocenters. The van der Waals surface area contributed by atoms with E-state index in [2.05, 4.69) is 21.4 Å². The summed E-state index contributed by atoms with van der Waals surface area (Å²) in [4.78, 5) is 2.37. The fourth-order valence-corrected chi connectivity index (χ4v) is 2.06. The third-order valence-electron chi connectivity index (χ3n) is 2.83. The van der Waals surface area contributed by atoms with Crippen LogP contribution in [-0.2, 0) is 0 Å². The molecule has 15 heavy (non-hydrogen) atoms. The Labute approximate surface area is 87.8 Å². The van der Waals surface area contributed by atoms with E-state index in [1.54, 1.807) is 6.20 Å². The maximum absolute atomic E-state index is 5.16. The van der Waals surface area contributed by atoms with E-state index in [9.17, 15) is 0 Å². The first kappa shape index (κ1) is 8.73. The molecular formula is C11H13N3O. The Bertz CT molecular complexity index is 460. The summed E-state index contributed by atoms with van der Waals surface area (Å²) in [7, 11) is 0. The highest BCUT2D eigenvalue weighted by Crippen LogP contribution is 2.26. The molecule has 2 heterocycles. The van der Waals surface area contributed by atoms with Gasteiger partial charge in [0.2, 0.25) is 0 Å². The van der Waals surface area contributed by atoms with Crippen molar-refractivity contribution in [3.8, 4) is 0 Å². The summed E-state index contributed by atoms with van der Waals surface area (Å²) in [5, 5.41) is 8.30. The molecular weight excluding hydrogens is 190 g/mol. The highest BCUT2D eigenvalue weighted by atomic mass is 16.5. The third kappa shape index (κ3) is 1.47. The van der Waals surface area contributed by atoms with Crippen LogP contribution in [0.15, 0.2) is 28.9 Å². The van der Waals surface area contributed by atoms with Crippen molar-refractivity contribution in [3.63, 3.8) is 0 Å². The van der Waals surface area contributed by atoms with Crippen molar-refractivity contribution < 1.29 is 4.52 Å². The number of hydrogen-bond donors (Lipinski definition) is 1. The zero-order chi connectivity index (χ0) is 10.1. The Morgan fingerprint density at radius 2 is 2.13 bits per heavy atom. The van der Waals surface area contributed by atoms with Crippen LogP contribution in [0.3, 0.4) is 0 Å². The van der Waals surface area contributed by atoms with Gasteiger partial charge in [0.15, 0.2) is 5.58 Å². The van der Waals surface area contributed by atoms with Crippen LogP contribution in [0.1, 0.15) is 0 Å². The Hall–Kier alpha value is -1.55. The second-order valence-corrected chi connectivity index (χ2v) is 3.75. The topological polar surface area (TPSA) is 41.3 Å². The first-order valence-corrected chi connectivity index (χ1v) is 5.24. The first-order valence-electron chi connectivity index (χ1n) is 5.24. The van der Waals surface area contributed by atoms with E-state index in [-0.39, 0.29) is 0 Å². The summed E-state index contributed by atoms with van der Waals surface area (Å²) >= 11 is 0. The highest BCUT2D eigenvalue weighted by molar-refractivity contribution is 5.90. The normalized spacial score (nSPS) is 17.2. The molecule has 1 aromatic heterocycles. The van der Waals surface area contributed by atoms with Crippen molar-refractivity contribution in [3.05, 3.63) is 24.4 Å². The van der Waals surface area contributed by atoms with Gasteiger partial charge in [-0.25, -0.2) is 0 Å². The van der Waals surface area contributed by atoms with E-state index in [1.807, 2.05) is 12.1 Å². The molecule has 1 N–H and O–H groups in total. The van der Waals surface area contributed by atoms with Crippen LogP contribution < -0.4 is 10.2 Å². The monoisotopic (exact) mass is 203 g/mol. The predicted octanol–water partition coefficient (Wildman–Crippen LogP) is 1.24. The fraction of sp³-hybridized carbons (Fsp3) is 0.364. The SMILES string of the molecule is c1cc(N2CCNCC2)c2cnoc2c1. The number of fused-ring (bicyclic) bond motifs is 1. The maximum atomic E-state index is 5.16. The molecule has 2 aromatic rings. The number of piperazine rings is 1. The molecule has 1 saturated heterocycles. The van der Waals surface area contributed by atoms with Crippen molar-refractivity contribution in [2.45, 2.75) is 0 Å². The highest BCUT2D eigenvalue weighted by Gasteiger charge is 2.14. The molecule has 0 radical (unpaired) electrons. The molecule has 0 spiro atoms. The molecule has 0 aliphatic carbocycles. The average Bonchev–Trinajstić information content (AvgIpc) is 2.78. The van der Waals surface area contributed by atoms with Gasteiger partial charge in [-0.3, -0.25) is 0 Å². The molecule has 4 heteroatoms. The van der Waals surface area contributed by atoms with E-state index in [1.165, 1.54) is 5.69 Å². The number of aromatic nitrogens is 1. The predicted molar refractivity (Wildman–Crippen MR) is 59.1 cm³/mol. The lowest BCUT2D eigenvalue weighted by Gasteiger charge is -2.29. The Balaban J connectivity index is 2.05. The lowest BCUT2D eigenvalue weighted by atomic mass is 10.2. The molecule has 1 aromatic carbocycles. The summed E-state index contributed by atoms with van der Waals surface area (Å²) in [6, 6.07) is 6.10. The molecule has 0 amide bonds. The van der Waals surface area contributed by atoms with Crippen LogP contribution in [0.2, 0.25) is 0 Å². The van der Waals surface area contributed by atoms with Gasteiger partial charge in [-0.1, -0.05) is 11.2 Å². The Morgan fingerprint density at radius 1 is 1.27 bits per heavy atom. The smallest absolute Gasteiger partial charge is 0.168 e. The fourth-order valence-electron chi connectivity index (χ4n) is 2.06. The summed E-state index contributed by atoms with van der Waals surface area (Å²) in [6.07, 6.45) is 1.80. The van der Waals surface area contributed by atoms with E-state index in [4.69, 9.17) is 4.52 Å². The molecule has 1 fully saturated rings. The van der Waals surface area contributed by atoms with Gasteiger partial charge in [0, 0.05) is 31.9 Å². The van der Waals surface area contributed by atoms with Gasteiger partial charge < -0.3 is 14.7 Å². The minimum Gasteiger partial charge on any atom is -0.368 e. The van der Waals surface area contributed by atoms with E-state index in [0.29, 0.717) is 0 Å². The quantitative estimate of drug-likeness (QED) is 0.757. The maximum Gasteiger partial charge on any atom is 0.168 e. The number of hydrogen-bond acceptors (Lipinski definition) is 4. The summed E-state index contributed by atoms with van der Waals surface area (Å²) in [5.74, 6) is 0. The Kier molecular flexibility index (Phi) is 2.07. The largest absolute Gasteiger partial charge is 0.368 e. The van der Waals surface area contributed by atoms with Crippen molar-refractivity contribution >= 4 is 16.7 Å². The van der Waals surface area contributed by atoms with Crippen molar-refractivity contribution in [2.75, 3.05) is 31.1 Å². The number of anilines is 1. The molecule has 3 rings (SSSR count). The van der Waals surface area contributed by atoms with E-state index < -0.39 is 0 Å². The molecule has 1 aliphatic heterocycles. The van der Waals surface area contributed by atoms with E-state index >= 15 is 0 Å². The van der Waals surface area contributed by atoms with Crippen LogP contribution in [0.25, 0.3) is 11.0 Å². The summed E-state index contributed by atoms with van der Waals surface area (Å²) < 4.78 is 5.16. The van der Waals surface area contributed by atoms with Gasteiger partial charge in [0.05, 0.1) is 11.6 Å². The Morgan fingerprint density at radius 3 is 3.00 bits per heavy atom. The number of nitrogens with zero attached hydrogens (tertiary/aromatic N) is 2. The number of rotatable bonds is 1. The van der Waals surface area contributed by atoms with Crippen LogP contribution >= 0.6 is 0 Å². The van der Waals surface area contributed by atoms with Crippen LogP contribution in [0.5, 0.6) is 0 Å². The standard InChI is InChI=1S/C11H13N3O/c1-2-10(14-6-4-12-5-7-14)9-8-13-15-11(9)3-1/h1-3,8,12H,4-7H2. The van der Waals surface area contributed by atoms with E-state index in [0.717, 1.165) is 37.1 Å². The molecule has 78 valence electrons. The lowest BCUT2D eigenvalue weighted by Crippen LogP contribution is -2.43. The molecule has 0 saturated carbocycles. The zero-order valence-corrected chi connectivity index (χ0v) is 8.44. The van der Waals surface area contributed by atoms with Gasteiger partial charge in [-0.15, -0.1) is 0 Å². The van der Waals surface area contributed by atoms with Gasteiger partial charge in [-0.2, -0.15) is 0 Å². The number of benzene rings is 1. The third-order valence-corrected chi connectivity index (χ3v) is 2.83. The van der Waals surface area contributed by atoms with Crippen LogP contribution in [-0.4, -0.2) is 31.3 Å². The molecule has 0 atom stereocenters. The van der Waals surface area contributed by atoms with Gasteiger partial charge in [-0.05, 0) is 12.1 Å². The van der Waals surface area contributed by atoms with Crippen molar-refractivity contribution in [1.82, 2.24) is 10.5 Å². The molecule has 4 nitrogen and oxygen atoms in total. The van der Waals surface area contributed by atoms with Crippen LogP contribution in [0, 0.1) is 0 Å². The zero-order valence-electron chi connectivity index (χ0n) is 8.44. The van der Waals surface area contributed by atoms with Gasteiger partial charge in [0.1, 0.15) is 0 Å². The molecule has 0 bridgehead atoms. The minimum absolute atomic E-state index is 0.867. The van der Waals surface area contributed by atoms with Gasteiger partial charge in [0.25, 0.3) is 0 Å². The van der Waals surface area contributed by atoms with Crippen LogP contribution in [0.4, 0.5) is 5.69 Å². The summed E-state index contributed by atoms with van der Waals surface area (Å²) in [6.45, 7) is 4.18. The second kappa shape index (κ2) is 3.55. The van der Waals surface area contributed by atoms with Gasteiger partial charge >= 0.3 is 0 Å². The summed E-state index contributed by atoms with van der Waals surface area (Å²) in [5.41, 5.74) is 2.10. The van der Waals surface area contributed by atoms with Crippen molar-refractivity contribution in [2.24, 2.45) is 0 Å². The molecule has 1 aliphatic rings. The average molecular weight is 203 g/mol. The first-order chi connectivity index (χ1) is 7.45.